The molecule has 0 aliphatic rings. The number of aromatic carboxylic acids is 1. The third-order valence-corrected chi connectivity index (χ3v) is 2.25. The molecule has 0 bridgehead atoms. The zero-order valence-corrected chi connectivity index (χ0v) is 7.87. The fourth-order valence-electron chi connectivity index (χ4n) is 1.06. The van der Waals surface area contributed by atoms with Gasteiger partial charge in [0.25, 0.3) is 0 Å². The molecule has 0 aliphatic heterocycles. The van der Waals surface area contributed by atoms with Gasteiger partial charge in [0, 0.05) is 12.4 Å². The Bertz CT molecular complexity index is 480. The number of carboxylic acid groups (broad SMARTS) is 1. The van der Waals surface area contributed by atoms with Crippen LogP contribution in [0.25, 0.3) is 10.9 Å². The maximum atomic E-state index is 10.7. The highest BCUT2D eigenvalue weighted by atomic mass is 79.9. The number of H-pyrrole nitrogens is 1. The average molecular weight is 242 g/mol. The first kappa shape index (κ1) is 8.18. The Balaban J connectivity index is 2.84. The Morgan fingerprint density at radius 3 is 3.00 bits per heavy atom. The normalized spacial score (nSPS) is 10.5. The molecule has 6 heteroatoms. The molecule has 0 spiro atoms. The van der Waals surface area contributed by atoms with Crippen molar-refractivity contribution in [3.8, 4) is 0 Å². The Morgan fingerprint density at radius 1 is 1.54 bits per heavy atom. The standard InChI is InChI=1S/C7H4BrN3O2/c8-6-3-1-9-2-4(7(12)13)5(3)10-11-6/h1-2H,(H,10,11)(H,12,13). The van der Waals surface area contributed by atoms with Gasteiger partial charge in [0.2, 0.25) is 0 Å². The van der Waals surface area contributed by atoms with Crippen molar-refractivity contribution in [3.63, 3.8) is 0 Å². The highest BCUT2D eigenvalue weighted by molar-refractivity contribution is 9.10. The molecular formula is C7H4BrN3O2. The largest absolute Gasteiger partial charge is 0.478 e. The minimum atomic E-state index is -1.03. The lowest BCUT2D eigenvalue weighted by Crippen LogP contribution is -1.97. The van der Waals surface area contributed by atoms with Crippen molar-refractivity contribution in [2.75, 3.05) is 0 Å². The molecule has 13 heavy (non-hydrogen) atoms. The van der Waals surface area contributed by atoms with Gasteiger partial charge in [-0.2, -0.15) is 5.10 Å². The van der Waals surface area contributed by atoms with Gasteiger partial charge in [0.1, 0.15) is 15.7 Å². The molecule has 0 amide bonds. The predicted octanol–water partition coefficient (Wildman–Crippen LogP) is 1.42. The summed E-state index contributed by atoms with van der Waals surface area (Å²) < 4.78 is 0.637. The second kappa shape index (κ2) is 2.81. The van der Waals surface area contributed by atoms with Gasteiger partial charge in [0.05, 0.1) is 5.39 Å². The zero-order chi connectivity index (χ0) is 9.42. The molecule has 0 fully saturated rings. The van der Waals surface area contributed by atoms with Crippen LogP contribution in [0, 0.1) is 0 Å². The van der Waals surface area contributed by atoms with Gasteiger partial charge in [0.15, 0.2) is 0 Å². The maximum Gasteiger partial charge on any atom is 0.339 e. The minimum absolute atomic E-state index is 0.0967. The van der Waals surface area contributed by atoms with E-state index in [1.54, 1.807) is 6.20 Å². The third kappa shape index (κ3) is 1.19. The summed E-state index contributed by atoms with van der Waals surface area (Å²) in [5, 5.41) is 15.9. The van der Waals surface area contributed by atoms with Gasteiger partial charge in [-0.25, -0.2) is 4.79 Å². The molecule has 0 aromatic carbocycles. The van der Waals surface area contributed by atoms with Crippen LogP contribution in [0.3, 0.4) is 0 Å². The minimum Gasteiger partial charge on any atom is -0.478 e. The van der Waals surface area contributed by atoms with Crippen molar-refractivity contribution in [1.82, 2.24) is 15.2 Å². The quantitative estimate of drug-likeness (QED) is 0.792. The topological polar surface area (TPSA) is 78.9 Å². The van der Waals surface area contributed by atoms with Crippen molar-refractivity contribution in [1.29, 1.82) is 0 Å². The van der Waals surface area contributed by atoms with E-state index in [4.69, 9.17) is 5.11 Å². The fraction of sp³-hybridized carbons (Fsp3) is 0. The first-order valence-electron chi connectivity index (χ1n) is 3.41. The molecule has 66 valence electrons. The second-order valence-corrected chi connectivity index (χ2v) is 3.22. The smallest absolute Gasteiger partial charge is 0.339 e. The van der Waals surface area contributed by atoms with Crippen molar-refractivity contribution in [2.45, 2.75) is 0 Å². The highest BCUT2D eigenvalue weighted by Gasteiger charge is 2.12. The molecule has 0 radical (unpaired) electrons. The highest BCUT2D eigenvalue weighted by Crippen LogP contribution is 2.21. The SMILES string of the molecule is O=C(O)c1cncc2c(Br)[nH]nc12. The van der Waals surface area contributed by atoms with Crippen LogP contribution in [-0.2, 0) is 0 Å². The summed E-state index contributed by atoms with van der Waals surface area (Å²) in [6.45, 7) is 0. The number of nitrogens with zero attached hydrogens (tertiary/aromatic N) is 2. The van der Waals surface area contributed by atoms with Crippen LogP contribution in [0.1, 0.15) is 10.4 Å². The lowest BCUT2D eigenvalue weighted by Gasteiger charge is -1.93. The van der Waals surface area contributed by atoms with Crippen LogP contribution >= 0.6 is 15.9 Å². The number of hydrogen-bond donors (Lipinski definition) is 2. The molecule has 2 N–H and O–H groups in total. The molecule has 2 heterocycles. The first-order valence-corrected chi connectivity index (χ1v) is 4.20. The van der Waals surface area contributed by atoms with E-state index >= 15 is 0 Å². The van der Waals surface area contributed by atoms with E-state index in [0.717, 1.165) is 0 Å². The number of nitrogens with one attached hydrogen (secondary N) is 1. The number of aromatic amines is 1. The van der Waals surface area contributed by atoms with Gasteiger partial charge in [-0.05, 0) is 15.9 Å². The molecule has 0 unspecified atom stereocenters. The van der Waals surface area contributed by atoms with E-state index in [1.807, 2.05) is 0 Å². The Hall–Kier alpha value is -1.43. The molecule has 0 saturated heterocycles. The van der Waals surface area contributed by atoms with Gasteiger partial charge >= 0.3 is 5.97 Å². The summed E-state index contributed by atoms with van der Waals surface area (Å²) in [6.07, 6.45) is 2.83. The number of halogens is 1. The van der Waals surface area contributed by atoms with Crippen molar-refractivity contribution < 1.29 is 9.90 Å². The van der Waals surface area contributed by atoms with E-state index in [9.17, 15) is 4.79 Å². The summed E-state index contributed by atoms with van der Waals surface area (Å²) in [5.41, 5.74) is 0.508. The number of carbonyl (C=O) groups is 1. The first-order chi connectivity index (χ1) is 6.20. The predicted molar refractivity (Wildman–Crippen MR) is 48.5 cm³/mol. The summed E-state index contributed by atoms with van der Waals surface area (Å²) in [6, 6.07) is 0. The number of rotatable bonds is 1. The Morgan fingerprint density at radius 2 is 2.31 bits per heavy atom. The number of carboxylic acids is 1. The van der Waals surface area contributed by atoms with E-state index in [-0.39, 0.29) is 5.56 Å². The lowest BCUT2D eigenvalue weighted by molar-refractivity contribution is 0.0698. The van der Waals surface area contributed by atoms with Crippen LogP contribution in [0.2, 0.25) is 0 Å². The van der Waals surface area contributed by atoms with Gasteiger partial charge in [-0.1, -0.05) is 0 Å². The molecular weight excluding hydrogens is 238 g/mol. The van der Waals surface area contributed by atoms with Crippen molar-refractivity contribution in [2.24, 2.45) is 0 Å². The van der Waals surface area contributed by atoms with Crippen LogP contribution in [0.4, 0.5) is 0 Å². The van der Waals surface area contributed by atoms with E-state index < -0.39 is 5.97 Å². The lowest BCUT2D eigenvalue weighted by atomic mass is 10.2. The molecule has 5 nitrogen and oxygen atoms in total. The van der Waals surface area contributed by atoms with Crippen LogP contribution in [0.5, 0.6) is 0 Å². The summed E-state index contributed by atoms with van der Waals surface area (Å²) in [7, 11) is 0. The zero-order valence-electron chi connectivity index (χ0n) is 6.28. The number of fused-ring (bicyclic) bond motifs is 1. The molecule has 2 aromatic rings. The van der Waals surface area contributed by atoms with E-state index in [1.165, 1.54) is 6.20 Å². The van der Waals surface area contributed by atoms with Gasteiger partial charge in [-0.15, -0.1) is 0 Å². The monoisotopic (exact) mass is 241 g/mol. The Kier molecular flexibility index (Phi) is 1.77. The molecule has 2 aromatic heterocycles. The molecule has 0 aliphatic carbocycles. The maximum absolute atomic E-state index is 10.7. The number of hydrogen-bond acceptors (Lipinski definition) is 3. The number of pyridine rings is 1. The summed E-state index contributed by atoms with van der Waals surface area (Å²) >= 11 is 3.20. The fourth-order valence-corrected chi connectivity index (χ4v) is 1.44. The second-order valence-electron chi connectivity index (χ2n) is 2.43. The van der Waals surface area contributed by atoms with Crippen LogP contribution in [-0.4, -0.2) is 26.3 Å². The third-order valence-electron chi connectivity index (χ3n) is 1.65. The van der Waals surface area contributed by atoms with Crippen molar-refractivity contribution in [3.05, 3.63) is 22.6 Å². The van der Waals surface area contributed by atoms with E-state index in [2.05, 4.69) is 31.1 Å². The van der Waals surface area contributed by atoms with Gasteiger partial charge < -0.3 is 5.11 Å². The average Bonchev–Trinajstić information content (AvgIpc) is 2.48. The Labute approximate surface area is 80.9 Å². The summed E-state index contributed by atoms with van der Waals surface area (Å²) in [5.74, 6) is -1.03. The number of aromatic nitrogens is 3. The molecule has 0 saturated carbocycles. The van der Waals surface area contributed by atoms with Gasteiger partial charge in [-0.3, -0.25) is 10.1 Å². The summed E-state index contributed by atoms with van der Waals surface area (Å²) in [4.78, 5) is 14.5. The molecule has 0 atom stereocenters. The van der Waals surface area contributed by atoms with Crippen molar-refractivity contribution >= 4 is 32.8 Å². The van der Waals surface area contributed by atoms with Crippen LogP contribution < -0.4 is 0 Å². The molecule has 2 rings (SSSR count). The van der Waals surface area contributed by atoms with E-state index in [0.29, 0.717) is 15.5 Å². The van der Waals surface area contributed by atoms with Crippen LogP contribution in [0.15, 0.2) is 17.0 Å².